The van der Waals surface area contributed by atoms with Crippen LogP contribution in [0, 0.1) is 6.92 Å². The van der Waals surface area contributed by atoms with Crippen molar-refractivity contribution in [2.45, 2.75) is 33.8 Å². The van der Waals surface area contributed by atoms with Crippen LogP contribution in [-0.4, -0.2) is 18.9 Å². The summed E-state index contributed by atoms with van der Waals surface area (Å²) in [5, 5.41) is 4.32. The van der Waals surface area contributed by atoms with Crippen molar-refractivity contribution in [1.82, 2.24) is 0 Å². The predicted octanol–water partition coefficient (Wildman–Crippen LogP) is 6.15. The quantitative estimate of drug-likeness (QED) is 0.390. The Kier molecular flexibility index (Phi) is 7.32. The molecule has 0 saturated heterocycles. The second-order valence-corrected chi connectivity index (χ2v) is 7.35. The third-order valence-corrected chi connectivity index (χ3v) is 5.37. The summed E-state index contributed by atoms with van der Waals surface area (Å²) in [4.78, 5) is 0. The molecule has 1 N–H and O–H groups in total. The van der Waals surface area contributed by atoms with E-state index in [9.17, 15) is 0 Å². The fraction of sp³-hybridized carbons (Fsp3) is 0.316. The first-order chi connectivity index (χ1) is 11.9. The van der Waals surface area contributed by atoms with E-state index in [1.807, 2.05) is 58.0 Å². The highest BCUT2D eigenvalue weighted by molar-refractivity contribution is 9.13. The summed E-state index contributed by atoms with van der Waals surface area (Å²) in [7, 11) is 0. The number of halogens is 2. The van der Waals surface area contributed by atoms with Gasteiger partial charge in [0.05, 0.1) is 29.1 Å². The molecule has 0 bridgehead atoms. The van der Waals surface area contributed by atoms with Gasteiger partial charge in [0.25, 0.3) is 0 Å². The van der Waals surface area contributed by atoms with Crippen molar-refractivity contribution < 1.29 is 9.47 Å². The lowest BCUT2D eigenvalue weighted by atomic mass is 10.2. The molecule has 134 valence electrons. The molecule has 0 aliphatic carbocycles. The van der Waals surface area contributed by atoms with Crippen LogP contribution in [0.4, 0.5) is 5.69 Å². The lowest BCUT2D eigenvalue weighted by Gasteiger charge is -2.18. The van der Waals surface area contributed by atoms with E-state index in [4.69, 9.17) is 9.47 Å². The zero-order valence-electron chi connectivity index (χ0n) is 14.8. The summed E-state index contributed by atoms with van der Waals surface area (Å²) in [5.41, 5.74) is 6.04. The number of nitrogens with zero attached hydrogens (tertiary/aromatic N) is 1. The number of ether oxygens (including phenoxy) is 2. The van der Waals surface area contributed by atoms with Crippen LogP contribution in [0.15, 0.2) is 44.4 Å². The Morgan fingerprint density at radius 3 is 2.60 bits per heavy atom. The smallest absolute Gasteiger partial charge is 0.176 e. The molecule has 2 rings (SSSR count). The van der Waals surface area contributed by atoms with Crippen molar-refractivity contribution in [2.24, 2.45) is 5.10 Å². The van der Waals surface area contributed by atoms with Crippen molar-refractivity contribution in [3.8, 4) is 11.5 Å². The van der Waals surface area contributed by atoms with Crippen LogP contribution in [0.1, 0.15) is 31.9 Å². The number of hydrogen-bond acceptors (Lipinski definition) is 4. The average molecular weight is 470 g/mol. The number of hydrazone groups is 1. The second kappa shape index (κ2) is 9.25. The highest BCUT2D eigenvalue weighted by Gasteiger charge is 2.17. The SMILES string of the molecule is CCOc1cc(/C=N\Nc2cccc(C)c2)c(Br)c(Br)c1OC(C)C. The molecular formula is C19H22Br2N2O2. The highest BCUT2D eigenvalue weighted by atomic mass is 79.9. The van der Waals surface area contributed by atoms with E-state index >= 15 is 0 Å². The van der Waals surface area contributed by atoms with Crippen LogP contribution in [-0.2, 0) is 0 Å². The van der Waals surface area contributed by atoms with E-state index in [1.165, 1.54) is 5.56 Å². The topological polar surface area (TPSA) is 42.8 Å². The Morgan fingerprint density at radius 1 is 1.20 bits per heavy atom. The molecule has 0 fully saturated rings. The normalized spacial score (nSPS) is 11.2. The summed E-state index contributed by atoms with van der Waals surface area (Å²) in [6.07, 6.45) is 1.80. The number of nitrogens with one attached hydrogen (secondary N) is 1. The first-order valence-corrected chi connectivity index (χ1v) is 9.68. The minimum Gasteiger partial charge on any atom is -0.490 e. The van der Waals surface area contributed by atoms with Crippen LogP contribution in [0.3, 0.4) is 0 Å². The molecule has 0 atom stereocenters. The van der Waals surface area contributed by atoms with Crippen molar-refractivity contribution >= 4 is 43.8 Å². The monoisotopic (exact) mass is 468 g/mol. The van der Waals surface area contributed by atoms with E-state index in [1.54, 1.807) is 6.21 Å². The number of aryl methyl sites for hydroxylation is 1. The van der Waals surface area contributed by atoms with Crippen LogP contribution in [0.25, 0.3) is 0 Å². The molecule has 0 radical (unpaired) electrons. The van der Waals surface area contributed by atoms with E-state index in [0.29, 0.717) is 18.1 Å². The molecule has 2 aromatic rings. The van der Waals surface area contributed by atoms with Crippen molar-refractivity contribution in [3.05, 3.63) is 50.4 Å². The average Bonchev–Trinajstić information content (AvgIpc) is 2.55. The summed E-state index contributed by atoms with van der Waals surface area (Å²) in [6, 6.07) is 9.96. The summed E-state index contributed by atoms with van der Waals surface area (Å²) >= 11 is 7.20. The van der Waals surface area contributed by atoms with Crippen LogP contribution >= 0.6 is 31.9 Å². The fourth-order valence-electron chi connectivity index (χ4n) is 2.20. The van der Waals surface area contributed by atoms with E-state index in [0.717, 1.165) is 20.2 Å². The minimum absolute atomic E-state index is 0.0462. The van der Waals surface area contributed by atoms with Crippen molar-refractivity contribution in [3.63, 3.8) is 0 Å². The van der Waals surface area contributed by atoms with Gasteiger partial charge in [-0.3, -0.25) is 5.43 Å². The van der Waals surface area contributed by atoms with E-state index < -0.39 is 0 Å². The van der Waals surface area contributed by atoms with Gasteiger partial charge >= 0.3 is 0 Å². The van der Waals surface area contributed by atoms with E-state index in [-0.39, 0.29) is 6.10 Å². The maximum Gasteiger partial charge on any atom is 0.176 e. The molecule has 0 aliphatic rings. The van der Waals surface area contributed by atoms with Gasteiger partial charge in [0.2, 0.25) is 0 Å². The third kappa shape index (κ3) is 5.47. The third-order valence-electron chi connectivity index (χ3n) is 3.22. The molecule has 0 saturated carbocycles. The van der Waals surface area contributed by atoms with Gasteiger partial charge in [-0.2, -0.15) is 5.10 Å². The van der Waals surface area contributed by atoms with Crippen LogP contribution < -0.4 is 14.9 Å². The van der Waals surface area contributed by atoms with E-state index in [2.05, 4.69) is 42.4 Å². The maximum absolute atomic E-state index is 5.89. The van der Waals surface area contributed by atoms with Crippen molar-refractivity contribution in [1.29, 1.82) is 0 Å². The molecule has 4 nitrogen and oxygen atoms in total. The van der Waals surface area contributed by atoms with Gasteiger partial charge in [0.15, 0.2) is 11.5 Å². The maximum atomic E-state index is 5.89. The predicted molar refractivity (Wildman–Crippen MR) is 111 cm³/mol. The molecule has 0 heterocycles. The lowest BCUT2D eigenvalue weighted by molar-refractivity contribution is 0.222. The van der Waals surface area contributed by atoms with Gasteiger partial charge in [0, 0.05) is 10.0 Å². The highest BCUT2D eigenvalue weighted by Crippen LogP contribution is 2.42. The van der Waals surface area contributed by atoms with Gasteiger partial charge in [-0.15, -0.1) is 0 Å². The Bertz CT molecular complexity index is 761. The summed E-state index contributed by atoms with van der Waals surface area (Å²) in [5.74, 6) is 1.37. The molecule has 0 spiro atoms. The van der Waals surface area contributed by atoms with Crippen LogP contribution in [0.2, 0.25) is 0 Å². The second-order valence-electron chi connectivity index (χ2n) is 5.76. The molecule has 25 heavy (non-hydrogen) atoms. The number of anilines is 1. The Balaban J connectivity index is 2.29. The first-order valence-electron chi connectivity index (χ1n) is 8.09. The minimum atomic E-state index is 0.0462. The fourth-order valence-corrected chi connectivity index (χ4v) is 3.11. The van der Waals surface area contributed by atoms with Crippen molar-refractivity contribution in [2.75, 3.05) is 12.0 Å². The summed E-state index contributed by atoms with van der Waals surface area (Å²) in [6.45, 7) is 8.52. The number of hydrogen-bond donors (Lipinski definition) is 1. The van der Waals surface area contributed by atoms with Gasteiger partial charge in [-0.25, -0.2) is 0 Å². The van der Waals surface area contributed by atoms with Gasteiger partial charge in [-0.05, 0) is 83.3 Å². The molecule has 0 amide bonds. The largest absolute Gasteiger partial charge is 0.490 e. The molecule has 6 heteroatoms. The molecule has 0 aliphatic heterocycles. The number of benzene rings is 2. The van der Waals surface area contributed by atoms with Gasteiger partial charge in [0.1, 0.15) is 0 Å². The lowest BCUT2D eigenvalue weighted by Crippen LogP contribution is -2.09. The van der Waals surface area contributed by atoms with Gasteiger partial charge in [-0.1, -0.05) is 12.1 Å². The first kappa shape index (κ1) is 19.8. The number of rotatable bonds is 7. The zero-order chi connectivity index (χ0) is 18.4. The Morgan fingerprint density at radius 2 is 1.96 bits per heavy atom. The Hall–Kier alpha value is -1.53. The summed E-state index contributed by atoms with van der Waals surface area (Å²) < 4.78 is 13.3. The van der Waals surface area contributed by atoms with Gasteiger partial charge < -0.3 is 9.47 Å². The standard InChI is InChI=1S/C19H22Br2N2O2/c1-5-24-16-10-14(17(20)18(21)19(16)25-12(2)3)11-22-23-15-8-6-7-13(4)9-15/h6-12,23H,5H2,1-4H3/b22-11-. The molecule has 2 aromatic carbocycles. The molecule has 0 unspecified atom stereocenters. The Labute approximate surface area is 165 Å². The van der Waals surface area contributed by atoms with Crippen LogP contribution in [0.5, 0.6) is 11.5 Å². The zero-order valence-corrected chi connectivity index (χ0v) is 17.9. The molecular weight excluding hydrogens is 448 g/mol. The molecule has 0 aromatic heterocycles.